The summed E-state index contributed by atoms with van der Waals surface area (Å²) in [4.78, 5) is 36.0. The van der Waals surface area contributed by atoms with Gasteiger partial charge in [0, 0.05) is 67.7 Å². The Labute approximate surface area is 259 Å². The van der Waals surface area contributed by atoms with Crippen LogP contribution in [0.15, 0.2) is 78.2 Å². The molecular weight excluding hydrogens is 573 g/mol. The summed E-state index contributed by atoms with van der Waals surface area (Å²) in [7, 11) is 0. The van der Waals surface area contributed by atoms with Gasteiger partial charge in [-0.25, -0.2) is 14.4 Å². The Morgan fingerprint density at radius 1 is 0.978 bits per heavy atom. The van der Waals surface area contributed by atoms with Crippen molar-refractivity contribution in [3.63, 3.8) is 0 Å². The Morgan fingerprint density at radius 2 is 1.71 bits per heavy atom. The van der Waals surface area contributed by atoms with Crippen molar-refractivity contribution < 1.29 is 13.9 Å². The summed E-state index contributed by atoms with van der Waals surface area (Å²) in [5.41, 5.74) is 9.98. The number of rotatable bonds is 7. The lowest BCUT2D eigenvalue weighted by atomic mass is 9.99. The van der Waals surface area contributed by atoms with E-state index in [1.54, 1.807) is 36.7 Å². The summed E-state index contributed by atoms with van der Waals surface area (Å²) >= 11 is 0. The van der Waals surface area contributed by atoms with Gasteiger partial charge >= 0.3 is 0 Å². The van der Waals surface area contributed by atoms with Gasteiger partial charge in [-0.05, 0) is 67.1 Å². The second-order valence-corrected chi connectivity index (χ2v) is 11.8. The molecule has 3 aromatic heterocycles. The van der Waals surface area contributed by atoms with E-state index in [-0.39, 0.29) is 11.6 Å². The lowest BCUT2D eigenvalue weighted by Crippen LogP contribution is -2.26. The number of nitrogens with one attached hydrogen (secondary N) is 2. The number of nitrogens with two attached hydrogens (primary N) is 1. The van der Waals surface area contributed by atoms with Gasteiger partial charge in [-0.3, -0.25) is 9.59 Å². The fourth-order valence-corrected chi connectivity index (χ4v) is 6.37. The number of hydrogen-bond donors (Lipinski definition) is 3. The average molecular weight is 608 g/mol. The van der Waals surface area contributed by atoms with Crippen LogP contribution in [0.2, 0.25) is 0 Å². The SMILES string of the molecule is Nc1ncnc2c1c(-c1ccc(NC(=O)c3cn(CC4CCOCC4)cc(-c4ccc(F)cc4)c3=O)cc1)cn2C1CCNC1. The molecule has 4 N–H and O–H groups in total. The van der Waals surface area contributed by atoms with Crippen LogP contribution in [0, 0.1) is 11.7 Å². The quantitative estimate of drug-likeness (QED) is 0.241. The maximum atomic E-state index is 13.7. The van der Waals surface area contributed by atoms with Crippen molar-refractivity contribution in [1.29, 1.82) is 0 Å². The molecular formula is C34H34FN7O3. The van der Waals surface area contributed by atoms with Crippen LogP contribution in [0.3, 0.4) is 0 Å². The van der Waals surface area contributed by atoms with Crippen LogP contribution >= 0.6 is 0 Å². The Morgan fingerprint density at radius 3 is 2.44 bits per heavy atom. The third-order valence-corrected chi connectivity index (χ3v) is 8.81. The lowest BCUT2D eigenvalue weighted by Gasteiger charge is -2.23. The molecule has 7 rings (SSSR count). The molecule has 2 aliphatic rings. The van der Waals surface area contributed by atoms with Gasteiger partial charge in [-0.2, -0.15) is 0 Å². The van der Waals surface area contributed by atoms with Gasteiger partial charge in [0.15, 0.2) is 0 Å². The van der Waals surface area contributed by atoms with E-state index in [0.717, 1.165) is 54.5 Å². The van der Waals surface area contributed by atoms with Gasteiger partial charge in [-0.1, -0.05) is 24.3 Å². The highest BCUT2D eigenvalue weighted by Gasteiger charge is 2.23. The third kappa shape index (κ3) is 5.84. The van der Waals surface area contributed by atoms with E-state index in [0.29, 0.717) is 48.3 Å². The van der Waals surface area contributed by atoms with Crippen molar-refractivity contribution in [2.45, 2.75) is 31.8 Å². The highest BCUT2D eigenvalue weighted by atomic mass is 19.1. The van der Waals surface area contributed by atoms with E-state index in [2.05, 4.69) is 31.4 Å². The molecule has 2 aliphatic heterocycles. The first-order valence-electron chi connectivity index (χ1n) is 15.3. The van der Waals surface area contributed by atoms with Crippen LogP contribution in [-0.2, 0) is 11.3 Å². The van der Waals surface area contributed by atoms with E-state index < -0.39 is 17.2 Å². The van der Waals surface area contributed by atoms with Crippen LogP contribution in [0.1, 0.15) is 35.7 Å². The average Bonchev–Trinajstić information content (AvgIpc) is 3.72. The Kier molecular flexibility index (Phi) is 7.86. The summed E-state index contributed by atoms with van der Waals surface area (Å²) in [5.74, 6) is -0.134. The van der Waals surface area contributed by atoms with Gasteiger partial charge in [0.1, 0.15) is 29.2 Å². The molecule has 45 heavy (non-hydrogen) atoms. The minimum Gasteiger partial charge on any atom is -0.383 e. The van der Waals surface area contributed by atoms with Gasteiger partial charge in [0.05, 0.1) is 5.39 Å². The largest absolute Gasteiger partial charge is 0.383 e. The molecule has 1 amide bonds. The molecule has 0 bridgehead atoms. The molecule has 2 saturated heterocycles. The number of anilines is 2. The highest BCUT2D eigenvalue weighted by molar-refractivity contribution is 6.05. The molecule has 0 saturated carbocycles. The number of nitrogens with zero attached hydrogens (tertiary/aromatic N) is 4. The number of nitrogen functional groups attached to an aromatic ring is 1. The first kappa shape index (κ1) is 28.9. The molecule has 2 aromatic carbocycles. The van der Waals surface area contributed by atoms with Crippen LogP contribution in [0.25, 0.3) is 33.3 Å². The second kappa shape index (κ2) is 12.3. The number of fused-ring (bicyclic) bond motifs is 1. The predicted octanol–water partition coefficient (Wildman–Crippen LogP) is 4.86. The van der Waals surface area contributed by atoms with E-state index in [1.165, 1.54) is 18.5 Å². The van der Waals surface area contributed by atoms with Crippen LogP contribution in [-0.4, -0.2) is 51.3 Å². The number of benzene rings is 2. The van der Waals surface area contributed by atoms with Crippen molar-refractivity contribution in [2.24, 2.45) is 5.92 Å². The topological polar surface area (TPSA) is 129 Å². The summed E-state index contributed by atoms with van der Waals surface area (Å²) in [5, 5.41) is 7.10. The molecule has 1 unspecified atom stereocenters. The lowest BCUT2D eigenvalue weighted by molar-refractivity contribution is 0.0612. The first-order valence-corrected chi connectivity index (χ1v) is 15.3. The summed E-state index contributed by atoms with van der Waals surface area (Å²) in [6, 6.07) is 13.4. The van der Waals surface area contributed by atoms with Gasteiger partial charge in [-0.15, -0.1) is 0 Å². The monoisotopic (exact) mass is 607 g/mol. The molecule has 1 atom stereocenters. The molecule has 2 fully saturated rings. The molecule has 0 spiro atoms. The van der Waals surface area contributed by atoms with Gasteiger partial charge < -0.3 is 30.2 Å². The zero-order valence-electron chi connectivity index (χ0n) is 24.7. The summed E-state index contributed by atoms with van der Waals surface area (Å²) < 4.78 is 23.2. The van der Waals surface area contributed by atoms with E-state index >= 15 is 0 Å². The van der Waals surface area contributed by atoms with Gasteiger partial charge in [0.2, 0.25) is 5.43 Å². The smallest absolute Gasteiger partial charge is 0.261 e. The molecule has 10 nitrogen and oxygen atoms in total. The Balaban J connectivity index is 1.18. The number of carbonyl (C=O) groups excluding carboxylic acids is 1. The van der Waals surface area contributed by atoms with Crippen LogP contribution in [0.5, 0.6) is 0 Å². The van der Waals surface area contributed by atoms with E-state index in [9.17, 15) is 14.0 Å². The van der Waals surface area contributed by atoms with Crippen LogP contribution in [0.4, 0.5) is 15.9 Å². The van der Waals surface area contributed by atoms with Crippen molar-refractivity contribution in [3.05, 3.63) is 95.1 Å². The number of amides is 1. The maximum Gasteiger partial charge on any atom is 0.261 e. The highest BCUT2D eigenvalue weighted by Crippen LogP contribution is 2.35. The number of carbonyl (C=O) groups is 1. The van der Waals surface area contributed by atoms with E-state index in [1.807, 2.05) is 16.7 Å². The van der Waals surface area contributed by atoms with Crippen LogP contribution < -0.4 is 21.8 Å². The van der Waals surface area contributed by atoms with Crippen molar-refractivity contribution >= 4 is 28.4 Å². The fraction of sp³-hybridized carbons (Fsp3) is 0.294. The van der Waals surface area contributed by atoms with Crippen molar-refractivity contribution in [3.8, 4) is 22.3 Å². The summed E-state index contributed by atoms with van der Waals surface area (Å²) in [6.45, 7) is 3.83. The molecule has 5 aromatic rings. The van der Waals surface area contributed by atoms with Crippen molar-refractivity contribution in [2.75, 3.05) is 37.4 Å². The Hall–Kier alpha value is -4.87. The number of aromatic nitrogens is 4. The zero-order chi connectivity index (χ0) is 30.9. The number of pyridine rings is 1. The summed E-state index contributed by atoms with van der Waals surface area (Å²) in [6.07, 6.45) is 9.73. The minimum atomic E-state index is -0.514. The normalized spacial score (nSPS) is 17.1. The third-order valence-electron chi connectivity index (χ3n) is 8.81. The number of ether oxygens (including phenoxy) is 1. The second-order valence-electron chi connectivity index (χ2n) is 11.8. The predicted molar refractivity (Wildman–Crippen MR) is 171 cm³/mol. The Bertz CT molecular complexity index is 1910. The van der Waals surface area contributed by atoms with E-state index in [4.69, 9.17) is 10.5 Å². The molecule has 5 heterocycles. The standard InChI is InChI=1S/C34H34FN7O3/c35-24-5-1-23(2-6-24)28-17-41(16-21-10-13-45-14-11-21)18-29(31(28)43)34(44)40-25-7-3-22(4-8-25)27-19-42(26-9-12-37-15-26)33-30(27)32(36)38-20-39-33/h1-8,17-21,26,37H,9-16H2,(H,40,44)(H2,36,38,39). The molecule has 11 heteroatoms. The van der Waals surface area contributed by atoms with Gasteiger partial charge in [0.25, 0.3) is 5.91 Å². The van der Waals surface area contributed by atoms with Crippen molar-refractivity contribution in [1.82, 2.24) is 24.4 Å². The number of hydrogen-bond acceptors (Lipinski definition) is 7. The molecule has 0 radical (unpaired) electrons. The first-order chi connectivity index (χ1) is 21.9. The zero-order valence-corrected chi connectivity index (χ0v) is 24.7. The minimum absolute atomic E-state index is 0.0196. The number of halogens is 1. The maximum absolute atomic E-state index is 13.7. The molecule has 0 aliphatic carbocycles. The molecule has 230 valence electrons. The fourth-order valence-electron chi connectivity index (χ4n) is 6.37.